The second kappa shape index (κ2) is 38.4. The quantitative estimate of drug-likeness (QED) is 0.295. The molecule has 0 saturated carbocycles. The van der Waals surface area contributed by atoms with E-state index in [0.29, 0.717) is 0 Å². The van der Waals surface area contributed by atoms with E-state index in [1.54, 1.807) is 9.12 Å². The zero-order valence-electron chi connectivity index (χ0n) is 1.41. The van der Waals surface area contributed by atoms with E-state index in [1.807, 2.05) is 0 Å². The van der Waals surface area contributed by atoms with E-state index in [2.05, 4.69) is 0 Å². The van der Waals surface area contributed by atoms with E-state index < -0.39 is 0 Å². The van der Waals surface area contributed by atoms with Gasteiger partial charge >= 0.3 is 18.9 Å². The van der Waals surface area contributed by atoms with Crippen LogP contribution >= 0.6 is 9.12 Å². The summed E-state index contributed by atoms with van der Waals surface area (Å²) >= 11 is 0. The summed E-state index contributed by atoms with van der Waals surface area (Å²) in [7, 11) is 1.72. The van der Waals surface area contributed by atoms with Crippen LogP contribution in [0.15, 0.2) is 0 Å². The fraction of sp³-hybridized carbons (Fsp3) is 0. The van der Waals surface area contributed by atoms with Crippen LogP contribution in [0.2, 0.25) is 0 Å². The molecule has 1 nitrogen and oxygen atoms in total. The van der Waals surface area contributed by atoms with Gasteiger partial charge in [0.1, 0.15) is 9.12 Å². The molecule has 0 spiro atoms. The fourth-order valence-corrected chi connectivity index (χ4v) is 0. The monoisotopic (exact) mass is 134 g/mol. The molecule has 0 fully saturated rings. The third-order valence-corrected chi connectivity index (χ3v) is 0. The van der Waals surface area contributed by atoms with Gasteiger partial charge in [0.25, 0.3) is 0 Å². The Labute approximate surface area is 71.1 Å². The Balaban J connectivity index is -0.00000000167. The molecule has 0 rings (SSSR count). The van der Waals surface area contributed by atoms with E-state index in [-0.39, 0.29) is 57.9 Å². The van der Waals surface area contributed by atoms with E-state index in [1.165, 1.54) is 0 Å². The van der Waals surface area contributed by atoms with Crippen LogP contribution < -0.4 is 0 Å². The minimum atomic E-state index is 0. The molecule has 0 saturated heterocycles. The van der Waals surface area contributed by atoms with Crippen molar-refractivity contribution in [2.75, 3.05) is 0 Å². The summed E-state index contributed by atoms with van der Waals surface area (Å²) in [6.07, 6.45) is 0. The van der Waals surface area contributed by atoms with Gasteiger partial charge in [0.2, 0.25) is 0 Å². The third-order valence-electron chi connectivity index (χ3n) is 0. The van der Waals surface area contributed by atoms with Crippen LogP contribution in [0.1, 0.15) is 0 Å². The Morgan fingerprint density at radius 3 is 1.20 bits per heavy atom. The molecule has 0 aliphatic rings. The van der Waals surface area contributed by atoms with E-state index >= 15 is 0 Å². The first-order valence-corrected chi connectivity index (χ1v) is 0.612. The van der Waals surface area contributed by atoms with Gasteiger partial charge in [-0.15, -0.1) is 0 Å². The number of hydrogen-bond acceptors (Lipinski definition) is 1. The molecule has 0 aliphatic heterocycles. The van der Waals surface area contributed by atoms with Crippen molar-refractivity contribution in [3.8, 4) is 0 Å². The molecule has 5 heteroatoms. The summed E-state index contributed by atoms with van der Waals surface area (Å²) in [6, 6.07) is 0. The maximum Gasteiger partial charge on any atom is 0 e. The van der Waals surface area contributed by atoms with E-state index in [9.17, 15) is 0 Å². The van der Waals surface area contributed by atoms with Gasteiger partial charge in [0.05, 0.1) is 0 Å². The molecule has 0 bridgehead atoms. The average Bonchev–Trinajstić information content (AvgIpc) is 1.00. The second-order valence-electron chi connectivity index (χ2n) is 0. The van der Waals surface area contributed by atoms with E-state index in [4.69, 9.17) is 4.57 Å². The molecular weight excluding hydrogens is 129 g/mol. The first kappa shape index (κ1) is 28.3. The predicted molar refractivity (Wildman–Crippen MR) is 26.1 cm³/mol. The molecule has 0 heterocycles. The predicted octanol–water partition coefficient (Wildman–Crippen LogP) is -1.36. The molecule has 0 amide bonds. The summed E-state index contributed by atoms with van der Waals surface area (Å²) in [5.74, 6) is 0. The van der Waals surface area contributed by atoms with Gasteiger partial charge in [-0.1, -0.05) is 0 Å². The first-order valence-electron chi connectivity index (χ1n) is 0.204. The summed E-state index contributed by atoms with van der Waals surface area (Å²) < 4.78 is 8.06. The topological polar surface area (TPSA) is 17.1 Å². The molecular formula is H5AlLiOPTi. The molecule has 0 aromatic rings. The van der Waals surface area contributed by atoms with Crippen molar-refractivity contribution >= 4 is 45.3 Å². The molecule has 0 aromatic carbocycles. The minimum Gasteiger partial charge on any atom is 0 e. The summed E-state index contributed by atoms with van der Waals surface area (Å²) in [4.78, 5) is 0. The van der Waals surface area contributed by atoms with Gasteiger partial charge < -0.3 is 0 Å². The Morgan fingerprint density at radius 1 is 1.20 bits per heavy atom. The minimum absolute atomic E-state index is 0. The molecule has 5 heavy (non-hydrogen) atoms. The number of hydrogen-bond donors (Lipinski definition) is 0. The van der Waals surface area contributed by atoms with Crippen molar-refractivity contribution < 1.29 is 26.3 Å². The summed E-state index contributed by atoms with van der Waals surface area (Å²) in [5.41, 5.74) is 0. The Hall–Kier alpha value is 1.94. The van der Waals surface area contributed by atoms with Crippen molar-refractivity contribution in [1.29, 1.82) is 0 Å². The van der Waals surface area contributed by atoms with Crippen molar-refractivity contribution in [3.63, 3.8) is 0 Å². The van der Waals surface area contributed by atoms with Crippen LogP contribution in [0.25, 0.3) is 0 Å². The maximum atomic E-state index is 8.06. The molecule has 0 unspecified atom stereocenters. The normalized spacial score (nSPS) is 0.800. The SMILES string of the molecule is O=P.[AlH3].[LiH].[Ti]. The van der Waals surface area contributed by atoms with Crippen LogP contribution in [0.4, 0.5) is 0 Å². The molecule has 0 aromatic heterocycles. The fourth-order valence-electron chi connectivity index (χ4n) is 0. The van der Waals surface area contributed by atoms with Gasteiger partial charge in [0.15, 0.2) is 17.4 Å². The van der Waals surface area contributed by atoms with Crippen molar-refractivity contribution in [2.45, 2.75) is 0 Å². The number of rotatable bonds is 0. The van der Waals surface area contributed by atoms with Crippen LogP contribution in [0, 0.1) is 0 Å². The van der Waals surface area contributed by atoms with Gasteiger partial charge in [-0.3, -0.25) is 4.57 Å². The standard InChI is InChI=1S/Al.Li.HOP.Ti.4H/c;;1-2;;;;;/h;;2H;;;;;. The van der Waals surface area contributed by atoms with Crippen molar-refractivity contribution in [2.24, 2.45) is 0 Å². The van der Waals surface area contributed by atoms with Crippen LogP contribution in [0.3, 0.4) is 0 Å². The maximum absolute atomic E-state index is 8.06. The Bertz CT molecular complexity index is 11.6. The van der Waals surface area contributed by atoms with Gasteiger partial charge in [-0.2, -0.15) is 0 Å². The van der Waals surface area contributed by atoms with Gasteiger partial charge in [-0.25, -0.2) is 0 Å². The zero-order chi connectivity index (χ0) is 2.00. The summed E-state index contributed by atoms with van der Waals surface area (Å²) in [5, 5.41) is 0. The summed E-state index contributed by atoms with van der Waals surface area (Å²) in [6.45, 7) is 0. The molecule has 0 radical (unpaired) electrons. The molecule has 0 N–H and O–H groups in total. The molecule has 24 valence electrons. The van der Waals surface area contributed by atoms with Gasteiger partial charge in [-0.05, 0) is 0 Å². The largest absolute Gasteiger partial charge is 0 e. The first-order chi connectivity index (χ1) is 1.00. The van der Waals surface area contributed by atoms with Gasteiger partial charge in [0, 0.05) is 21.7 Å². The zero-order valence-corrected chi connectivity index (χ0v) is 3.97. The second-order valence-corrected chi connectivity index (χ2v) is 0. The Morgan fingerprint density at radius 2 is 1.20 bits per heavy atom. The Kier molecular flexibility index (Phi) is 218. The van der Waals surface area contributed by atoms with Crippen LogP contribution in [-0.4, -0.2) is 36.2 Å². The molecule has 0 atom stereocenters. The van der Waals surface area contributed by atoms with Crippen molar-refractivity contribution in [3.05, 3.63) is 0 Å². The molecule has 0 aliphatic carbocycles. The average molecular weight is 134 g/mol. The third kappa shape index (κ3) is 24.5. The smallest absolute Gasteiger partial charge is 0 e. The van der Waals surface area contributed by atoms with Crippen molar-refractivity contribution in [1.82, 2.24) is 0 Å². The van der Waals surface area contributed by atoms with E-state index in [0.717, 1.165) is 0 Å². The van der Waals surface area contributed by atoms with Crippen LogP contribution in [0.5, 0.6) is 0 Å². The van der Waals surface area contributed by atoms with Crippen LogP contribution in [-0.2, 0) is 26.3 Å².